The Morgan fingerprint density at radius 1 is 1.71 bits per heavy atom. The lowest BCUT2D eigenvalue weighted by Gasteiger charge is -1.99. The highest BCUT2D eigenvalue weighted by atomic mass is 32.1. The molecule has 1 saturated heterocycles. The first-order valence-electron chi connectivity index (χ1n) is 2.39. The van der Waals surface area contributed by atoms with Gasteiger partial charge in [0.1, 0.15) is 0 Å². The fourth-order valence-electron chi connectivity index (χ4n) is 0.703. The van der Waals surface area contributed by atoms with Gasteiger partial charge in [0.15, 0.2) is 0 Å². The molecule has 1 heterocycles. The van der Waals surface area contributed by atoms with Crippen LogP contribution >= 0.6 is 12.8 Å². The Morgan fingerprint density at radius 3 is 2.57 bits per heavy atom. The van der Waals surface area contributed by atoms with Crippen LogP contribution in [0.15, 0.2) is 12.2 Å². The molecule has 1 aliphatic rings. The van der Waals surface area contributed by atoms with Gasteiger partial charge in [0, 0.05) is 13.1 Å². The Balaban J connectivity index is 2.40. The maximum absolute atomic E-state index is 4.12. The first-order valence-corrected chi connectivity index (χ1v) is 2.79. The van der Waals surface area contributed by atoms with E-state index in [1.165, 1.54) is 5.57 Å². The van der Waals surface area contributed by atoms with Crippen LogP contribution < -0.4 is 0 Å². The fraction of sp³-hybridized carbons (Fsp3) is 0.600. The lowest BCUT2D eigenvalue weighted by Crippen LogP contribution is -2.03. The zero-order chi connectivity index (χ0) is 5.28. The van der Waals surface area contributed by atoms with Crippen LogP contribution in [0, 0.1) is 0 Å². The third kappa shape index (κ3) is 1.21. The second-order valence-corrected chi connectivity index (χ2v) is 2.45. The van der Waals surface area contributed by atoms with Gasteiger partial charge >= 0.3 is 0 Å². The molecule has 2 heteroatoms. The van der Waals surface area contributed by atoms with Crippen molar-refractivity contribution in [2.75, 3.05) is 13.1 Å². The molecule has 1 nitrogen and oxygen atoms in total. The molecular formula is C5H9NS. The second-order valence-electron chi connectivity index (χ2n) is 1.89. The van der Waals surface area contributed by atoms with Crippen LogP contribution in [0.25, 0.3) is 0 Å². The summed E-state index contributed by atoms with van der Waals surface area (Å²) in [6, 6.07) is 0. The van der Waals surface area contributed by atoms with E-state index in [2.05, 4.69) is 19.4 Å². The summed E-state index contributed by atoms with van der Waals surface area (Å²) in [4.78, 5) is 0. The molecule has 7 heavy (non-hydrogen) atoms. The van der Waals surface area contributed by atoms with Gasteiger partial charge in [0.05, 0.1) is 0 Å². The van der Waals surface area contributed by atoms with Gasteiger partial charge in [-0.25, -0.2) is 4.31 Å². The highest BCUT2D eigenvalue weighted by Crippen LogP contribution is 2.13. The van der Waals surface area contributed by atoms with Gasteiger partial charge in [-0.05, 0) is 6.42 Å². The van der Waals surface area contributed by atoms with Crippen LogP contribution in [0.2, 0.25) is 0 Å². The van der Waals surface area contributed by atoms with E-state index in [1.54, 1.807) is 0 Å². The van der Waals surface area contributed by atoms with Crippen molar-refractivity contribution < 1.29 is 0 Å². The highest BCUT2D eigenvalue weighted by Gasteiger charge is 2.09. The molecule has 0 unspecified atom stereocenters. The molecule has 0 saturated carbocycles. The summed E-state index contributed by atoms with van der Waals surface area (Å²) < 4.78 is 1.97. The predicted octanol–water partition coefficient (Wildman–Crippen LogP) is 1.09. The number of hydrogen-bond donors (Lipinski definition) is 1. The normalized spacial score (nSPS) is 23.9. The molecule has 0 spiro atoms. The Hall–Kier alpha value is 0.0500. The average Bonchev–Trinajstić information content (AvgIpc) is 1.87. The van der Waals surface area contributed by atoms with E-state index in [4.69, 9.17) is 0 Å². The van der Waals surface area contributed by atoms with Gasteiger partial charge in [-0.1, -0.05) is 25.0 Å². The fourth-order valence-corrected chi connectivity index (χ4v) is 1.00. The van der Waals surface area contributed by atoms with Gasteiger partial charge in [-0.3, -0.25) is 0 Å². The van der Waals surface area contributed by atoms with Gasteiger partial charge in [0.2, 0.25) is 0 Å². The molecular weight excluding hydrogens is 106 g/mol. The Bertz CT molecular complexity index is 90.1. The molecule has 0 amide bonds. The molecule has 0 bridgehead atoms. The largest absolute Gasteiger partial charge is 0.249 e. The van der Waals surface area contributed by atoms with Gasteiger partial charge in [-0.2, -0.15) is 0 Å². The standard InChI is InChI=1S/C5H9NS/c1-5-2-3-6(7)4-5/h7H,1-4H2. The summed E-state index contributed by atoms with van der Waals surface area (Å²) in [5.74, 6) is 0. The SMILES string of the molecule is C=C1CCN(S)C1. The molecule has 1 rings (SSSR count). The molecule has 0 aromatic heterocycles. The first kappa shape index (κ1) is 5.19. The first-order chi connectivity index (χ1) is 3.29. The van der Waals surface area contributed by atoms with Crippen LogP contribution in [0.3, 0.4) is 0 Å². The van der Waals surface area contributed by atoms with E-state index in [0.29, 0.717) is 0 Å². The number of thiol groups is 1. The van der Waals surface area contributed by atoms with Crippen LogP contribution in [-0.2, 0) is 0 Å². The number of nitrogens with zero attached hydrogens (tertiary/aromatic N) is 1. The van der Waals surface area contributed by atoms with Crippen LogP contribution in [0.1, 0.15) is 6.42 Å². The van der Waals surface area contributed by atoms with Gasteiger partial charge < -0.3 is 0 Å². The number of rotatable bonds is 0. The minimum absolute atomic E-state index is 0.975. The minimum Gasteiger partial charge on any atom is -0.249 e. The summed E-state index contributed by atoms with van der Waals surface area (Å²) in [7, 11) is 0. The van der Waals surface area contributed by atoms with E-state index < -0.39 is 0 Å². The average molecular weight is 115 g/mol. The van der Waals surface area contributed by atoms with Crippen molar-refractivity contribution in [2.24, 2.45) is 0 Å². The summed E-state index contributed by atoms with van der Waals surface area (Å²) >= 11 is 4.12. The van der Waals surface area contributed by atoms with Crippen molar-refractivity contribution in [3.63, 3.8) is 0 Å². The van der Waals surface area contributed by atoms with Gasteiger partial charge in [0.25, 0.3) is 0 Å². The molecule has 0 aromatic rings. The Kier molecular flexibility index (Phi) is 1.40. The third-order valence-corrected chi connectivity index (χ3v) is 1.47. The van der Waals surface area contributed by atoms with E-state index in [1.807, 2.05) is 4.31 Å². The van der Waals surface area contributed by atoms with Crippen molar-refractivity contribution >= 4 is 12.8 Å². The van der Waals surface area contributed by atoms with Crippen LogP contribution in [-0.4, -0.2) is 17.4 Å². The molecule has 0 N–H and O–H groups in total. The molecule has 0 aromatic carbocycles. The van der Waals surface area contributed by atoms with Gasteiger partial charge in [-0.15, -0.1) is 0 Å². The molecule has 0 aliphatic carbocycles. The van der Waals surface area contributed by atoms with Crippen LogP contribution in [0.4, 0.5) is 0 Å². The zero-order valence-electron chi connectivity index (χ0n) is 4.22. The second kappa shape index (κ2) is 1.88. The molecule has 0 radical (unpaired) electrons. The minimum atomic E-state index is 0.975. The Morgan fingerprint density at radius 2 is 2.43 bits per heavy atom. The smallest absolute Gasteiger partial charge is 0.0295 e. The topological polar surface area (TPSA) is 3.24 Å². The lowest BCUT2D eigenvalue weighted by molar-refractivity contribution is 0.603. The molecule has 0 atom stereocenters. The summed E-state index contributed by atoms with van der Waals surface area (Å²) in [6.45, 7) is 5.86. The highest BCUT2D eigenvalue weighted by molar-refractivity contribution is 7.77. The summed E-state index contributed by atoms with van der Waals surface area (Å²) in [5, 5.41) is 0. The summed E-state index contributed by atoms with van der Waals surface area (Å²) in [5.41, 5.74) is 1.30. The Labute approximate surface area is 49.6 Å². The summed E-state index contributed by atoms with van der Waals surface area (Å²) in [6.07, 6.45) is 1.13. The van der Waals surface area contributed by atoms with Crippen molar-refractivity contribution in [1.29, 1.82) is 0 Å². The lowest BCUT2D eigenvalue weighted by atomic mass is 10.3. The molecule has 40 valence electrons. The van der Waals surface area contributed by atoms with E-state index >= 15 is 0 Å². The van der Waals surface area contributed by atoms with Crippen molar-refractivity contribution in [1.82, 2.24) is 4.31 Å². The third-order valence-electron chi connectivity index (χ3n) is 1.13. The van der Waals surface area contributed by atoms with Crippen molar-refractivity contribution in [2.45, 2.75) is 6.42 Å². The maximum atomic E-state index is 4.12. The predicted molar refractivity (Wildman–Crippen MR) is 34.3 cm³/mol. The van der Waals surface area contributed by atoms with Crippen molar-refractivity contribution in [3.05, 3.63) is 12.2 Å². The maximum Gasteiger partial charge on any atom is 0.0295 e. The van der Waals surface area contributed by atoms with E-state index in [-0.39, 0.29) is 0 Å². The van der Waals surface area contributed by atoms with E-state index in [0.717, 1.165) is 19.5 Å². The molecule has 1 fully saturated rings. The zero-order valence-corrected chi connectivity index (χ0v) is 5.12. The monoisotopic (exact) mass is 115 g/mol. The molecule has 1 aliphatic heterocycles. The number of hydrogen-bond acceptors (Lipinski definition) is 2. The van der Waals surface area contributed by atoms with Crippen LogP contribution in [0.5, 0.6) is 0 Å². The van der Waals surface area contributed by atoms with E-state index in [9.17, 15) is 0 Å². The van der Waals surface area contributed by atoms with Crippen molar-refractivity contribution in [3.8, 4) is 0 Å². The quantitative estimate of drug-likeness (QED) is 0.365.